The number of aryl methyl sites for hydroxylation is 1. The number of aromatic nitrogens is 2. The smallest absolute Gasteiger partial charge is 0.131 e. The van der Waals surface area contributed by atoms with Crippen LogP contribution in [0.5, 0.6) is 11.5 Å². The summed E-state index contributed by atoms with van der Waals surface area (Å²) < 4.78 is 12.8. The van der Waals surface area contributed by atoms with Crippen molar-refractivity contribution in [1.82, 2.24) is 9.55 Å². The van der Waals surface area contributed by atoms with Crippen molar-refractivity contribution in [2.24, 2.45) is 5.92 Å². The predicted octanol–water partition coefficient (Wildman–Crippen LogP) is 3.11. The lowest BCUT2D eigenvalue weighted by Crippen LogP contribution is -2.09. The first-order valence-corrected chi connectivity index (χ1v) is 7.03. The molecule has 0 amide bonds. The van der Waals surface area contributed by atoms with Crippen molar-refractivity contribution in [1.29, 1.82) is 0 Å². The molecule has 0 aliphatic carbocycles. The molecule has 5 nitrogen and oxygen atoms in total. The van der Waals surface area contributed by atoms with Crippen LogP contribution in [0.4, 0.5) is 5.82 Å². The van der Waals surface area contributed by atoms with Gasteiger partial charge in [-0.1, -0.05) is 13.8 Å². The Kier molecular flexibility index (Phi) is 4.40. The first-order valence-electron chi connectivity index (χ1n) is 7.03. The van der Waals surface area contributed by atoms with E-state index in [0.717, 1.165) is 35.1 Å². The molecule has 0 bridgehead atoms. The number of rotatable bonds is 5. The molecule has 2 aromatic rings. The highest BCUT2D eigenvalue weighted by molar-refractivity contribution is 5.77. The van der Waals surface area contributed by atoms with Gasteiger partial charge in [0.25, 0.3) is 0 Å². The number of hydrogen-bond acceptors (Lipinski definition) is 4. The van der Waals surface area contributed by atoms with Crippen LogP contribution in [0.1, 0.15) is 19.7 Å². The number of nitrogens with zero attached hydrogens (tertiary/aromatic N) is 2. The normalized spacial score (nSPS) is 11.0. The van der Waals surface area contributed by atoms with Crippen molar-refractivity contribution >= 4 is 5.82 Å². The van der Waals surface area contributed by atoms with Crippen LogP contribution >= 0.6 is 0 Å². The fraction of sp³-hybridized carbons (Fsp3) is 0.438. The highest BCUT2D eigenvalue weighted by Crippen LogP contribution is 2.36. The van der Waals surface area contributed by atoms with Gasteiger partial charge in [0.2, 0.25) is 0 Å². The van der Waals surface area contributed by atoms with E-state index >= 15 is 0 Å². The molecule has 114 valence electrons. The maximum Gasteiger partial charge on any atom is 0.131 e. The highest BCUT2D eigenvalue weighted by Gasteiger charge is 2.18. The number of methoxy groups -OCH3 is 2. The van der Waals surface area contributed by atoms with Gasteiger partial charge in [0.15, 0.2) is 0 Å². The summed E-state index contributed by atoms with van der Waals surface area (Å²) in [5, 5.41) is 0. The SMILES string of the molecule is COc1ccc(OC)c(-c2nc(C)n(CC(C)C)c2N)c1. The van der Waals surface area contributed by atoms with Gasteiger partial charge in [-0.15, -0.1) is 0 Å². The second-order valence-electron chi connectivity index (χ2n) is 5.46. The van der Waals surface area contributed by atoms with Crippen molar-refractivity contribution in [3.05, 3.63) is 24.0 Å². The van der Waals surface area contributed by atoms with Gasteiger partial charge in [-0.3, -0.25) is 0 Å². The van der Waals surface area contributed by atoms with E-state index < -0.39 is 0 Å². The van der Waals surface area contributed by atoms with Crippen molar-refractivity contribution in [3.8, 4) is 22.8 Å². The largest absolute Gasteiger partial charge is 0.497 e. The van der Waals surface area contributed by atoms with E-state index in [2.05, 4.69) is 18.8 Å². The van der Waals surface area contributed by atoms with Crippen LogP contribution in [-0.4, -0.2) is 23.8 Å². The monoisotopic (exact) mass is 289 g/mol. The Morgan fingerprint density at radius 3 is 2.52 bits per heavy atom. The van der Waals surface area contributed by atoms with E-state index in [0.29, 0.717) is 11.7 Å². The molecular weight excluding hydrogens is 266 g/mol. The van der Waals surface area contributed by atoms with Gasteiger partial charge in [-0.2, -0.15) is 0 Å². The Hall–Kier alpha value is -2.17. The van der Waals surface area contributed by atoms with Crippen LogP contribution in [-0.2, 0) is 6.54 Å². The zero-order valence-corrected chi connectivity index (χ0v) is 13.3. The van der Waals surface area contributed by atoms with Crippen LogP contribution in [0.25, 0.3) is 11.3 Å². The molecule has 1 aromatic heterocycles. The van der Waals surface area contributed by atoms with Crippen LogP contribution in [0, 0.1) is 12.8 Å². The molecule has 5 heteroatoms. The number of nitrogens with two attached hydrogens (primary N) is 1. The third-order valence-corrected chi connectivity index (χ3v) is 3.41. The predicted molar refractivity (Wildman–Crippen MR) is 84.8 cm³/mol. The molecule has 0 spiro atoms. The minimum Gasteiger partial charge on any atom is -0.497 e. The minimum absolute atomic E-state index is 0.500. The van der Waals surface area contributed by atoms with E-state index in [1.807, 2.05) is 29.7 Å². The van der Waals surface area contributed by atoms with Gasteiger partial charge in [0, 0.05) is 12.1 Å². The third kappa shape index (κ3) is 2.96. The van der Waals surface area contributed by atoms with Crippen LogP contribution in [0.2, 0.25) is 0 Å². The Labute approximate surface area is 125 Å². The lowest BCUT2D eigenvalue weighted by atomic mass is 10.1. The first-order chi connectivity index (χ1) is 9.97. The third-order valence-electron chi connectivity index (χ3n) is 3.41. The average Bonchev–Trinajstić information content (AvgIpc) is 2.74. The lowest BCUT2D eigenvalue weighted by Gasteiger charge is -2.12. The van der Waals surface area contributed by atoms with Gasteiger partial charge in [0.1, 0.15) is 28.8 Å². The number of anilines is 1. The Morgan fingerprint density at radius 2 is 1.95 bits per heavy atom. The van der Waals surface area contributed by atoms with E-state index in [1.165, 1.54) is 0 Å². The molecule has 1 heterocycles. The number of nitrogen functional groups attached to an aromatic ring is 1. The number of imidazole rings is 1. The minimum atomic E-state index is 0.500. The number of benzene rings is 1. The summed E-state index contributed by atoms with van der Waals surface area (Å²) in [6.07, 6.45) is 0. The second-order valence-corrected chi connectivity index (χ2v) is 5.46. The van der Waals surface area contributed by atoms with Gasteiger partial charge in [0.05, 0.1) is 14.2 Å². The molecule has 0 aliphatic rings. The molecule has 2 rings (SSSR count). The molecule has 0 fully saturated rings. The molecule has 0 radical (unpaired) electrons. The molecule has 0 saturated carbocycles. The summed E-state index contributed by atoms with van der Waals surface area (Å²) in [5.74, 6) is 3.55. The first kappa shape index (κ1) is 15.2. The summed E-state index contributed by atoms with van der Waals surface area (Å²) in [6, 6.07) is 5.62. The summed E-state index contributed by atoms with van der Waals surface area (Å²) in [4.78, 5) is 4.62. The average molecular weight is 289 g/mol. The summed E-state index contributed by atoms with van der Waals surface area (Å²) >= 11 is 0. The maximum absolute atomic E-state index is 6.30. The molecular formula is C16H23N3O2. The van der Waals surface area contributed by atoms with E-state index in [9.17, 15) is 0 Å². The molecule has 0 unspecified atom stereocenters. The zero-order valence-electron chi connectivity index (χ0n) is 13.3. The van der Waals surface area contributed by atoms with E-state index in [-0.39, 0.29) is 0 Å². The van der Waals surface area contributed by atoms with Crippen molar-refractivity contribution in [3.63, 3.8) is 0 Å². The molecule has 21 heavy (non-hydrogen) atoms. The molecule has 0 atom stereocenters. The van der Waals surface area contributed by atoms with Gasteiger partial charge < -0.3 is 19.8 Å². The molecule has 0 saturated heterocycles. The second kappa shape index (κ2) is 6.08. The molecule has 0 aliphatic heterocycles. The zero-order chi connectivity index (χ0) is 15.6. The van der Waals surface area contributed by atoms with Crippen molar-refractivity contribution in [2.75, 3.05) is 20.0 Å². The Balaban J connectivity index is 2.56. The highest BCUT2D eigenvalue weighted by atomic mass is 16.5. The van der Waals surface area contributed by atoms with E-state index in [1.54, 1.807) is 14.2 Å². The summed E-state index contributed by atoms with van der Waals surface area (Å²) in [7, 11) is 3.27. The fourth-order valence-electron chi connectivity index (χ4n) is 2.37. The quantitative estimate of drug-likeness (QED) is 0.918. The van der Waals surface area contributed by atoms with Crippen molar-refractivity contribution in [2.45, 2.75) is 27.3 Å². The summed E-state index contributed by atoms with van der Waals surface area (Å²) in [5.41, 5.74) is 7.89. The Bertz CT molecular complexity index is 633. The fourth-order valence-corrected chi connectivity index (χ4v) is 2.37. The van der Waals surface area contributed by atoms with Gasteiger partial charge in [-0.25, -0.2) is 4.98 Å². The van der Waals surface area contributed by atoms with Crippen LogP contribution in [0.15, 0.2) is 18.2 Å². The molecule has 2 N–H and O–H groups in total. The maximum atomic E-state index is 6.30. The van der Waals surface area contributed by atoms with E-state index in [4.69, 9.17) is 15.2 Å². The van der Waals surface area contributed by atoms with Crippen LogP contribution < -0.4 is 15.2 Å². The van der Waals surface area contributed by atoms with Gasteiger partial charge >= 0.3 is 0 Å². The summed E-state index contributed by atoms with van der Waals surface area (Å²) in [6.45, 7) is 7.13. The van der Waals surface area contributed by atoms with Gasteiger partial charge in [-0.05, 0) is 31.0 Å². The number of ether oxygens (including phenoxy) is 2. The van der Waals surface area contributed by atoms with Crippen molar-refractivity contribution < 1.29 is 9.47 Å². The van der Waals surface area contributed by atoms with Crippen LogP contribution in [0.3, 0.4) is 0 Å². The lowest BCUT2D eigenvalue weighted by molar-refractivity contribution is 0.404. The Morgan fingerprint density at radius 1 is 1.24 bits per heavy atom. The standard InChI is InChI=1S/C16H23N3O2/c1-10(2)9-19-11(3)18-15(16(19)17)13-8-12(20-4)6-7-14(13)21-5/h6-8,10H,9,17H2,1-5H3. The molecule has 1 aromatic carbocycles. The number of hydrogen-bond donors (Lipinski definition) is 1. The topological polar surface area (TPSA) is 62.3 Å².